The van der Waals surface area contributed by atoms with Crippen molar-refractivity contribution in [2.75, 3.05) is 20.3 Å². The number of rotatable bonds is 6. The summed E-state index contributed by atoms with van der Waals surface area (Å²) in [7, 11) is 1.58. The summed E-state index contributed by atoms with van der Waals surface area (Å²) < 4.78 is 16.3. The third-order valence-electron chi connectivity index (χ3n) is 3.46. The molecular formula is C12H21N3O3. The molecule has 1 aliphatic rings. The molecule has 0 spiro atoms. The van der Waals surface area contributed by atoms with Gasteiger partial charge in [-0.25, -0.2) is 0 Å². The summed E-state index contributed by atoms with van der Waals surface area (Å²) in [5.41, 5.74) is 5.21. The second-order valence-electron chi connectivity index (χ2n) is 4.55. The van der Waals surface area contributed by atoms with E-state index in [4.69, 9.17) is 19.7 Å². The fourth-order valence-electron chi connectivity index (χ4n) is 2.50. The minimum Gasteiger partial charge on any atom is -0.370 e. The van der Waals surface area contributed by atoms with Gasteiger partial charge in [0, 0.05) is 20.3 Å². The third-order valence-corrected chi connectivity index (χ3v) is 3.46. The van der Waals surface area contributed by atoms with Gasteiger partial charge < -0.3 is 19.7 Å². The van der Waals surface area contributed by atoms with Crippen LogP contribution in [0.15, 0.2) is 4.52 Å². The average molecular weight is 255 g/mol. The van der Waals surface area contributed by atoms with Gasteiger partial charge in [-0.2, -0.15) is 4.98 Å². The number of methoxy groups -OCH3 is 1. The maximum absolute atomic E-state index is 5.88. The monoisotopic (exact) mass is 255 g/mol. The van der Waals surface area contributed by atoms with E-state index in [0.717, 1.165) is 25.7 Å². The zero-order valence-electron chi connectivity index (χ0n) is 11.0. The van der Waals surface area contributed by atoms with Crippen LogP contribution in [0.1, 0.15) is 50.4 Å². The number of ether oxygens (including phenoxy) is 2. The van der Waals surface area contributed by atoms with Crippen molar-refractivity contribution in [3.8, 4) is 0 Å². The van der Waals surface area contributed by atoms with E-state index in [0.29, 0.717) is 24.9 Å². The molecule has 1 aliphatic carbocycles. The predicted molar refractivity (Wildman–Crippen MR) is 64.9 cm³/mol. The van der Waals surface area contributed by atoms with Crippen molar-refractivity contribution in [2.45, 2.75) is 44.3 Å². The Labute approximate surface area is 107 Å². The Balaban J connectivity index is 2.21. The molecule has 0 amide bonds. The van der Waals surface area contributed by atoms with Gasteiger partial charge in [-0.15, -0.1) is 0 Å². The molecule has 0 aliphatic heterocycles. The van der Waals surface area contributed by atoms with Crippen LogP contribution < -0.4 is 5.73 Å². The summed E-state index contributed by atoms with van der Waals surface area (Å²) in [6, 6.07) is 0. The van der Waals surface area contributed by atoms with Gasteiger partial charge in [0.05, 0.1) is 0 Å². The maximum Gasteiger partial charge on any atom is 0.257 e. The molecule has 0 saturated heterocycles. The van der Waals surface area contributed by atoms with Crippen LogP contribution in [0.5, 0.6) is 0 Å². The third kappa shape index (κ3) is 2.41. The minimum atomic E-state index is -0.372. The first-order chi connectivity index (χ1) is 8.75. The normalized spacial score (nSPS) is 20.2. The van der Waals surface area contributed by atoms with E-state index in [2.05, 4.69) is 10.1 Å². The molecule has 6 heteroatoms. The van der Waals surface area contributed by atoms with Gasteiger partial charge in [-0.1, -0.05) is 5.16 Å². The average Bonchev–Trinajstić information content (AvgIpc) is 3.01. The molecule has 1 fully saturated rings. The van der Waals surface area contributed by atoms with Gasteiger partial charge in [-0.3, -0.25) is 0 Å². The first kappa shape index (κ1) is 13.5. The van der Waals surface area contributed by atoms with Crippen LogP contribution in [0.2, 0.25) is 0 Å². The topological polar surface area (TPSA) is 83.4 Å². The van der Waals surface area contributed by atoms with E-state index >= 15 is 0 Å². The Morgan fingerprint density at radius 1 is 1.44 bits per heavy atom. The van der Waals surface area contributed by atoms with Crippen molar-refractivity contribution in [2.24, 2.45) is 5.73 Å². The van der Waals surface area contributed by atoms with Crippen LogP contribution in [0.4, 0.5) is 0 Å². The molecule has 1 unspecified atom stereocenters. The van der Waals surface area contributed by atoms with E-state index in [1.54, 1.807) is 7.11 Å². The Kier molecular flexibility index (Phi) is 4.31. The quantitative estimate of drug-likeness (QED) is 0.829. The Morgan fingerprint density at radius 2 is 2.17 bits per heavy atom. The zero-order chi connectivity index (χ0) is 13.0. The fourth-order valence-corrected chi connectivity index (χ4v) is 2.50. The Morgan fingerprint density at radius 3 is 2.72 bits per heavy atom. The molecule has 6 nitrogen and oxygen atoms in total. The van der Waals surface area contributed by atoms with E-state index in [1.165, 1.54) is 0 Å². The lowest BCUT2D eigenvalue weighted by molar-refractivity contribution is -0.0469. The van der Waals surface area contributed by atoms with Gasteiger partial charge in [0.1, 0.15) is 11.7 Å². The first-order valence-electron chi connectivity index (χ1n) is 6.46. The van der Waals surface area contributed by atoms with Crippen molar-refractivity contribution in [3.05, 3.63) is 11.7 Å². The summed E-state index contributed by atoms with van der Waals surface area (Å²) in [6.07, 6.45) is 3.81. The molecule has 1 aromatic heterocycles. The molecule has 0 radical (unpaired) electrons. The number of aromatic nitrogens is 2. The minimum absolute atomic E-state index is 0.319. The van der Waals surface area contributed by atoms with Crippen LogP contribution in [-0.4, -0.2) is 30.4 Å². The van der Waals surface area contributed by atoms with Crippen LogP contribution in [-0.2, 0) is 15.1 Å². The van der Waals surface area contributed by atoms with Crippen LogP contribution in [0.25, 0.3) is 0 Å². The van der Waals surface area contributed by atoms with Gasteiger partial charge in [-0.05, 0) is 32.6 Å². The van der Waals surface area contributed by atoms with Gasteiger partial charge in [0.2, 0.25) is 5.82 Å². The highest BCUT2D eigenvalue weighted by Crippen LogP contribution is 2.40. The van der Waals surface area contributed by atoms with Crippen molar-refractivity contribution < 1.29 is 14.0 Å². The molecule has 2 rings (SSSR count). The number of hydrogen-bond acceptors (Lipinski definition) is 6. The highest BCUT2D eigenvalue weighted by Gasteiger charge is 2.41. The number of nitrogens with two attached hydrogens (primary N) is 1. The van der Waals surface area contributed by atoms with E-state index in [9.17, 15) is 0 Å². The second-order valence-corrected chi connectivity index (χ2v) is 4.55. The Bertz CT molecular complexity index is 370. The van der Waals surface area contributed by atoms with Crippen LogP contribution in [0, 0.1) is 0 Å². The molecule has 2 N–H and O–H groups in total. The first-order valence-corrected chi connectivity index (χ1v) is 6.46. The van der Waals surface area contributed by atoms with E-state index in [-0.39, 0.29) is 11.7 Å². The van der Waals surface area contributed by atoms with Gasteiger partial charge in [0.15, 0.2) is 0 Å². The predicted octanol–water partition coefficient (Wildman–Crippen LogP) is 1.52. The standard InChI is InChI=1S/C12H21N3O3/c1-3-17-12(6-4-5-7-12)11-14-10(18-15-11)9(8-13)16-2/h9H,3-8,13H2,1-2H3. The van der Waals surface area contributed by atoms with Crippen LogP contribution in [0.3, 0.4) is 0 Å². The summed E-state index contributed by atoms with van der Waals surface area (Å²) in [4.78, 5) is 4.42. The molecule has 1 saturated carbocycles. The van der Waals surface area contributed by atoms with Crippen molar-refractivity contribution in [1.29, 1.82) is 0 Å². The summed E-state index contributed by atoms with van der Waals surface area (Å²) >= 11 is 0. The molecule has 18 heavy (non-hydrogen) atoms. The SMILES string of the molecule is CCOC1(c2noc(C(CN)OC)n2)CCCC1. The van der Waals surface area contributed by atoms with Crippen molar-refractivity contribution in [3.63, 3.8) is 0 Å². The molecule has 1 aromatic rings. The lowest BCUT2D eigenvalue weighted by Crippen LogP contribution is -2.28. The molecular weight excluding hydrogens is 234 g/mol. The molecule has 0 bridgehead atoms. The van der Waals surface area contributed by atoms with E-state index in [1.807, 2.05) is 6.92 Å². The molecule has 0 aromatic carbocycles. The largest absolute Gasteiger partial charge is 0.370 e. The smallest absolute Gasteiger partial charge is 0.257 e. The lowest BCUT2D eigenvalue weighted by Gasteiger charge is -2.24. The summed E-state index contributed by atoms with van der Waals surface area (Å²) in [5.74, 6) is 1.06. The lowest BCUT2D eigenvalue weighted by atomic mass is 10.0. The number of hydrogen-bond donors (Lipinski definition) is 1. The van der Waals surface area contributed by atoms with Crippen molar-refractivity contribution in [1.82, 2.24) is 10.1 Å². The summed E-state index contributed by atoms with van der Waals surface area (Å²) in [5, 5.41) is 4.06. The molecule has 1 heterocycles. The highest BCUT2D eigenvalue weighted by molar-refractivity contribution is 5.05. The van der Waals surface area contributed by atoms with Gasteiger partial charge in [0.25, 0.3) is 5.89 Å². The summed E-state index contributed by atoms with van der Waals surface area (Å²) in [6.45, 7) is 2.95. The van der Waals surface area contributed by atoms with Crippen LogP contribution >= 0.6 is 0 Å². The number of nitrogens with zero attached hydrogens (tertiary/aromatic N) is 2. The van der Waals surface area contributed by atoms with E-state index < -0.39 is 0 Å². The molecule has 1 atom stereocenters. The Hall–Kier alpha value is -0.980. The van der Waals surface area contributed by atoms with Gasteiger partial charge >= 0.3 is 0 Å². The highest BCUT2D eigenvalue weighted by atomic mass is 16.5. The maximum atomic E-state index is 5.88. The fraction of sp³-hybridized carbons (Fsp3) is 0.833. The van der Waals surface area contributed by atoms with Crippen molar-refractivity contribution >= 4 is 0 Å². The zero-order valence-corrected chi connectivity index (χ0v) is 11.0. The molecule has 102 valence electrons. The second kappa shape index (κ2) is 5.77.